The van der Waals surface area contributed by atoms with Gasteiger partial charge in [-0.2, -0.15) is 4.98 Å². The first-order valence-electron chi connectivity index (χ1n) is 8.36. The molecule has 1 heterocycles. The van der Waals surface area contributed by atoms with E-state index in [9.17, 15) is 0 Å². The molecule has 0 unspecified atom stereocenters. The third kappa shape index (κ3) is 4.60. The SMILES string of the molecule is COc1ccc(Nc2nc(C)cc(Nc3cc(C)c(Cl)cc3OC)n2)cc1. The van der Waals surface area contributed by atoms with Gasteiger partial charge in [0.05, 0.1) is 19.9 Å². The van der Waals surface area contributed by atoms with Crippen molar-refractivity contribution < 1.29 is 9.47 Å². The number of hydrogen-bond donors (Lipinski definition) is 2. The quantitative estimate of drug-likeness (QED) is 0.604. The summed E-state index contributed by atoms with van der Waals surface area (Å²) in [6, 6.07) is 13.1. The van der Waals surface area contributed by atoms with Crippen LogP contribution in [-0.2, 0) is 0 Å². The molecular weight excluding hydrogens is 364 g/mol. The highest BCUT2D eigenvalue weighted by molar-refractivity contribution is 6.31. The molecule has 0 fully saturated rings. The second-order valence-electron chi connectivity index (χ2n) is 6.00. The average molecular weight is 385 g/mol. The molecule has 2 aromatic carbocycles. The van der Waals surface area contributed by atoms with E-state index < -0.39 is 0 Å². The molecule has 7 heteroatoms. The first-order valence-corrected chi connectivity index (χ1v) is 8.74. The van der Waals surface area contributed by atoms with Gasteiger partial charge < -0.3 is 20.1 Å². The van der Waals surface area contributed by atoms with Crippen LogP contribution in [-0.4, -0.2) is 24.2 Å². The molecule has 0 aliphatic carbocycles. The maximum atomic E-state index is 6.18. The smallest absolute Gasteiger partial charge is 0.229 e. The van der Waals surface area contributed by atoms with Crippen molar-refractivity contribution in [2.75, 3.05) is 24.9 Å². The van der Waals surface area contributed by atoms with Crippen LogP contribution in [0.15, 0.2) is 42.5 Å². The fourth-order valence-electron chi connectivity index (χ4n) is 2.56. The van der Waals surface area contributed by atoms with Crippen molar-refractivity contribution in [3.63, 3.8) is 0 Å². The van der Waals surface area contributed by atoms with Gasteiger partial charge in [-0.1, -0.05) is 11.6 Å². The molecule has 0 saturated heterocycles. The Kier molecular flexibility index (Phi) is 5.66. The van der Waals surface area contributed by atoms with Crippen LogP contribution in [0.5, 0.6) is 11.5 Å². The largest absolute Gasteiger partial charge is 0.497 e. The number of ether oxygens (including phenoxy) is 2. The molecule has 3 rings (SSSR count). The molecule has 0 radical (unpaired) electrons. The topological polar surface area (TPSA) is 68.3 Å². The number of anilines is 4. The lowest BCUT2D eigenvalue weighted by molar-refractivity contribution is 0.415. The van der Waals surface area contributed by atoms with Gasteiger partial charge in [-0.3, -0.25) is 0 Å². The monoisotopic (exact) mass is 384 g/mol. The number of halogens is 1. The van der Waals surface area contributed by atoms with Crippen molar-refractivity contribution in [1.82, 2.24) is 9.97 Å². The lowest BCUT2D eigenvalue weighted by Gasteiger charge is -2.14. The van der Waals surface area contributed by atoms with Gasteiger partial charge in [0.1, 0.15) is 17.3 Å². The molecule has 0 amide bonds. The standard InChI is InChI=1S/C20H21ClN4O2/c1-12-9-17(18(27-4)11-16(12)21)24-19-10-13(2)22-20(25-19)23-14-5-7-15(26-3)8-6-14/h5-11H,1-4H3,(H2,22,23,24,25). The summed E-state index contributed by atoms with van der Waals surface area (Å²) in [4.78, 5) is 8.98. The molecule has 0 saturated carbocycles. The van der Waals surface area contributed by atoms with Crippen LogP contribution >= 0.6 is 11.6 Å². The summed E-state index contributed by atoms with van der Waals surface area (Å²) in [7, 11) is 3.24. The summed E-state index contributed by atoms with van der Waals surface area (Å²) in [5, 5.41) is 7.13. The molecular formula is C20H21ClN4O2. The van der Waals surface area contributed by atoms with Crippen molar-refractivity contribution in [2.24, 2.45) is 0 Å². The summed E-state index contributed by atoms with van der Waals surface area (Å²) in [6.45, 7) is 3.85. The molecule has 0 aliphatic heterocycles. The Morgan fingerprint density at radius 1 is 0.889 bits per heavy atom. The van der Waals surface area contributed by atoms with Crippen LogP contribution in [0.2, 0.25) is 5.02 Å². The summed E-state index contributed by atoms with van der Waals surface area (Å²) < 4.78 is 10.6. The molecule has 0 aliphatic rings. The number of nitrogens with one attached hydrogen (secondary N) is 2. The predicted molar refractivity (Wildman–Crippen MR) is 109 cm³/mol. The third-order valence-electron chi connectivity index (χ3n) is 3.94. The van der Waals surface area contributed by atoms with Crippen LogP contribution in [0.1, 0.15) is 11.3 Å². The normalized spacial score (nSPS) is 10.4. The number of benzene rings is 2. The van der Waals surface area contributed by atoms with Gasteiger partial charge in [0, 0.05) is 28.5 Å². The van der Waals surface area contributed by atoms with Gasteiger partial charge in [-0.25, -0.2) is 4.98 Å². The fourth-order valence-corrected chi connectivity index (χ4v) is 2.71. The molecule has 27 heavy (non-hydrogen) atoms. The Balaban J connectivity index is 1.86. The van der Waals surface area contributed by atoms with Crippen LogP contribution in [0.4, 0.5) is 23.1 Å². The maximum Gasteiger partial charge on any atom is 0.229 e. The Hall–Kier alpha value is -2.99. The van der Waals surface area contributed by atoms with Crippen molar-refractivity contribution in [1.29, 1.82) is 0 Å². The second-order valence-corrected chi connectivity index (χ2v) is 6.41. The van der Waals surface area contributed by atoms with E-state index in [1.54, 1.807) is 20.3 Å². The maximum absolute atomic E-state index is 6.18. The zero-order chi connectivity index (χ0) is 19.4. The molecule has 1 aromatic heterocycles. The Morgan fingerprint density at radius 2 is 1.63 bits per heavy atom. The minimum atomic E-state index is 0.493. The molecule has 0 bridgehead atoms. The third-order valence-corrected chi connectivity index (χ3v) is 4.35. The molecule has 0 spiro atoms. The summed E-state index contributed by atoms with van der Waals surface area (Å²) in [5.41, 5.74) is 3.43. The molecule has 140 valence electrons. The molecule has 0 atom stereocenters. The Labute approximate surface area is 163 Å². The fraction of sp³-hybridized carbons (Fsp3) is 0.200. The number of rotatable bonds is 6. The van der Waals surface area contributed by atoms with Gasteiger partial charge >= 0.3 is 0 Å². The predicted octanol–water partition coefficient (Wildman–Crippen LogP) is 5.25. The minimum Gasteiger partial charge on any atom is -0.497 e. The first-order chi connectivity index (χ1) is 13.0. The van der Waals surface area contributed by atoms with Crippen LogP contribution < -0.4 is 20.1 Å². The van der Waals surface area contributed by atoms with Crippen molar-refractivity contribution >= 4 is 34.7 Å². The number of aromatic nitrogens is 2. The highest BCUT2D eigenvalue weighted by atomic mass is 35.5. The van der Waals surface area contributed by atoms with E-state index in [4.69, 9.17) is 21.1 Å². The number of aryl methyl sites for hydroxylation is 2. The minimum absolute atomic E-state index is 0.493. The number of nitrogens with zero attached hydrogens (tertiary/aromatic N) is 2. The lowest BCUT2D eigenvalue weighted by Crippen LogP contribution is -2.03. The summed E-state index contributed by atoms with van der Waals surface area (Å²) >= 11 is 6.18. The van der Waals surface area contributed by atoms with E-state index in [-0.39, 0.29) is 0 Å². The summed E-state index contributed by atoms with van der Waals surface area (Å²) in [5.74, 6) is 2.58. The number of methoxy groups -OCH3 is 2. The zero-order valence-electron chi connectivity index (χ0n) is 15.6. The van der Waals surface area contributed by atoms with E-state index in [1.807, 2.05) is 50.2 Å². The molecule has 2 N–H and O–H groups in total. The number of hydrogen-bond acceptors (Lipinski definition) is 6. The highest BCUT2D eigenvalue weighted by Crippen LogP contribution is 2.33. The zero-order valence-corrected chi connectivity index (χ0v) is 16.4. The van der Waals surface area contributed by atoms with Crippen molar-refractivity contribution in [2.45, 2.75) is 13.8 Å². The highest BCUT2D eigenvalue weighted by Gasteiger charge is 2.10. The summed E-state index contributed by atoms with van der Waals surface area (Å²) in [6.07, 6.45) is 0. The average Bonchev–Trinajstić information content (AvgIpc) is 2.64. The van der Waals surface area contributed by atoms with E-state index >= 15 is 0 Å². The van der Waals surface area contributed by atoms with E-state index in [2.05, 4.69) is 20.6 Å². The molecule has 3 aromatic rings. The van der Waals surface area contributed by atoms with Gasteiger partial charge in [0.25, 0.3) is 0 Å². The van der Waals surface area contributed by atoms with E-state index in [1.165, 1.54) is 0 Å². The van der Waals surface area contributed by atoms with Crippen molar-refractivity contribution in [3.8, 4) is 11.5 Å². The van der Waals surface area contributed by atoms with Crippen LogP contribution in [0.3, 0.4) is 0 Å². The van der Waals surface area contributed by atoms with Gasteiger partial charge in [-0.15, -0.1) is 0 Å². The second kappa shape index (κ2) is 8.14. The lowest BCUT2D eigenvalue weighted by atomic mass is 10.2. The van der Waals surface area contributed by atoms with E-state index in [0.717, 1.165) is 28.4 Å². The Bertz CT molecular complexity index is 945. The van der Waals surface area contributed by atoms with Gasteiger partial charge in [-0.05, 0) is 49.7 Å². The van der Waals surface area contributed by atoms with Crippen LogP contribution in [0.25, 0.3) is 0 Å². The van der Waals surface area contributed by atoms with Crippen molar-refractivity contribution in [3.05, 3.63) is 58.7 Å². The Morgan fingerprint density at radius 3 is 2.30 bits per heavy atom. The first kappa shape index (κ1) is 18.8. The van der Waals surface area contributed by atoms with Crippen LogP contribution in [0, 0.1) is 13.8 Å². The van der Waals surface area contributed by atoms with Gasteiger partial charge in [0.2, 0.25) is 5.95 Å². The van der Waals surface area contributed by atoms with Gasteiger partial charge in [0.15, 0.2) is 0 Å². The molecule has 6 nitrogen and oxygen atoms in total. The van der Waals surface area contributed by atoms with E-state index in [0.29, 0.717) is 22.5 Å².